The van der Waals surface area contributed by atoms with Crippen molar-refractivity contribution in [3.8, 4) is 0 Å². The average Bonchev–Trinajstić information content (AvgIpc) is 2.97. The maximum atomic E-state index is 5.95. The van der Waals surface area contributed by atoms with Gasteiger partial charge in [0.25, 0.3) is 0 Å². The van der Waals surface area contributed by atoms with Gasteiger partial charge in [-0.15, -0.1) is 0 Å². The van der Waals surface area contributed by atoms with Crippen molar-refractivity contribution in [1.82, 2.24) is 10.3 Å². The van der Waals surface area contributed by atoms with Crippen LogP contribution >= 0.6 is 0 Å². The van der Waals surface area contributed by atoms with E-state index in [4.69, 9.17) is 5.84 Å². The lowest BCUT2D eigenvalue weighted by atomic mass is 9.83. The summed E-state index contributed by atoms with van der Waals surface area (Å²) in [6, 6.07) is 7.09. The molecule has 0 aliphatic carbocycles. The number of nitrogens with zero attached hydrogens (tertiary/aromatic N) is 1. The Kier molecular flexibility index (Phi) is 5.42. The summed E-state index contributed by atoms with van der Waals surface area (Å²) in [5.74, 6) is 5.95. The second kappa shape index (κ2) is 6.91. The molecule has 2 atom stereocenters. The van der Waals surface area contributed by atoms with Crippen molar-refractivity contribution in [2.75, 3.05) is 13.1 Å². The predicted octanol–water partition coefficient (Wildman–Crippen LogP) is 2.94. The van der Waals surface area contributed by atoms with Gasteiger partial charge in [-0.2, -0.15) is 0 Å². The third-order valence-electron chi connectivity index (χ3n) is 5.22. The Bertz CT molecular complexity index is 445. The van der Waals surface area contributed by atoms with Crippen LogP contribution in [0.1, 0.15) is 49.8 Å². The quantitative estimate of drug-likeness (QED) is 0.625. The molecule has 3 N–H and O–H groups in total. The third-order valence-corrected chi connectivity index (χ3v) is 5.22. The van der Waals surface area contributed by atoms with Crippen LogP contribution in [-0.4, -0.2) is 29.6 Å². The summed E-state index contributed by atoms with van der Waals surface area (Å²) in [7, 11) is 0. The van der Waals surface area contributed by atoms with E-state index in [1.165, 1.54) is 42.6 Å². The zero-order valence-electron chi connectivity index (χ0n) is 14.1. The number of hydrazine groups is 1. The van der Waals surface area contributed by atoms with Gasteiger partial charge in [0.2, 0.25) is 0 Å². The second-order valence-corrected chi connectivity index (χ2v) is 6.82. The molecule has 1 aliphatic rings. The average molecular weight is 289 g/mol. The third kappa shape index (κ3) is 3.65. The van der Waals surface area contributed by atoms with Gasteiger partial charge in [-0.3, -0.25) is 16.2 Å². The molecule has 0 spiro atoms. The molecule has 2 rings (SSSR count). The second-order valence-electron chi connectivity index (χ2n) is 6.82. The Morgan fingerprint density at radius 1 is 1.19 bits per heavy atom. The normalized spacial score (nSPS) is 20.4. The molecule has 0 aromatic heterocycles. The molecule has 21 heavy (non-hydrogen) atoms. The van der Waals surface area contributed by atoms with Crippen LogP contribution < -0.4 is 11.3 Å². The molecular weight excluding hydrogens is 258 g/mol. The minimum Gasteiger partial charge on any atom is -0.296 e. The maximum Gasteiger partial charge on any atom is 0.0432 e. The van der Waals surface area contributed by atoms with Gasteiger partial charge in [0.1, 0.15) is 0 Å². The Morgan fingerprint density at radius 3 is 2.24 bits per heavy atom. The zero-order chi connectivity index (χ0) is 15.5. The summed E-state index contributed by atoms with van der Waals surface area (Å²) in [6.07, 6.45) is 4.74. The van der Waals surface area contributed by atoms with E-state index in [9.17, 15) is 0 Å². The van der Waals surface area contributed by atoms with Crippen molar-refractivity contribution in [3.05, 3.63) is 34.9 Å². The minimum atomic E-state index is 0.128. The van der Waals surface area contributed by atoms with Gasteiger partial charge in [-0.1, -0.05) is 36.2 Å². The van der Waals surface area contributed by atoms with E-state index >= 15 is 0 Å². The van der Waals surface area contributed by atoms with Crippen LogP contribution in [0.2, 0.25) is 0 Å². The SMILES string of the molecule is CCC(C)(C(Cc1cc(C)cc(C)c1)NN)N1CCCC1. The number of likely N-dealkylation sites (tertiary alicyclic amines) is 1. The smallest absolute Gasteiger partial charge is 0.0432 e. The Hall–Kier alpha value is -0.900. The minimum absolute atomic E-state index is 0.128. The zero-order valence-corrected chi connectivity index (χ0v) is 14.1. The van der Waals surface area contributed by atoms with Crippen molar-refractivity contribution < 1.29 is 0 Å². The number of hydrogen-bond donors (Lipinski definition) is 2. The summed E-state index contributed by atoms with van der Waals surface area (Å²) >= 11 is 0. The van der Waals surface area contributed by atoms with Crippen molar-refractivity contribution in [1.29, 1.82) is 0 Å². The van der Waals surface area contributed by atoms with Crippen LogP contribution in [-0.2, 0) is 6.42 Å². The predicted molar refractivity (Wildman–Crippen MR) is 90.2 cm³/mol. The lowest BCUT2D eigenvalue weighted by Gasteiger charge is -2.44. The molecule has 0 bridgehead atoms. The summed E-state index contributed by atoms with van der Waals surface area (Å²) in [5, 5.41) is 0. The molecule has 0 amide bonds. The van der Waals surface area contributed by atoms with Crippen LogP contribution in [0.25, 0.3) is 0 Å². The molecule has 1 aromatic rings. The molecule has 1 heterocycles. The highest BCUT2D eigenvalue weighted by molar-refractivity contribution is 5.29. The van der Waals surface area contributed by atoms with E-state index < -0.39 is 0 Å². The summed E-state index contributed by atoms with van der Waals surface area (Å²) in [6.45, 7) is 11.4. The summed E-state index contributed by atoms with van der Waals surface area (Å²) < 4.78 is 0. The Morgan fingerprint density at radius 2 is 1.76 bits per heavy atom. The van der Waals surface area contributed by atoms with E-state index in [-0.39, 0.29) is 11.6 Å². The molecule has 1 aliphatic heterocycles. The van der Waals surface area contributed by atoms with Gasteiger partial charge in [0.05, 0.1) is 0 Å². The molecule has 0 saturated carbocycles. The first-order valence-corrected chi connectivity index (χ1v) is 8.28. The monoisotopic (exact) mass is 289 g/mol. The van der Waals surface area contributed by atoms with Crippen LogP contribution in [0, 0.1) is 13.8 Å². The fourth-order valence-electron chi connectivity index (χ4n) is 3.80. The number of nitrogens with one attached hydrogen (secondary N) is 1. The van der Waals surface area contributed by atoms with E-state index in [2.05, 4.69) is 56.2 Å². The molecule has 1 saturated heterocycles. The Labute approximate surface area is 129 Å². The van der Waals surface area contributed by atoms with Crippen LogP contribution in [0.4, 0.5) is 0 Å². The van der Waals surface area contributed by atoms with Crippen LogP contribution in [0.15, 0.2) is 18.2 Å². The number of nitrogens with two attached hydrogens (primary N) is 1. The lowest BCUT2D eigenvalue weighted by Crippen LogP contribution is -2.61. The van der Waals surface area contributed by atoms with Crippen molar-refractivity contribution in [3.63, 3.8) is 0 Å². The Balaban J connectivity index is 2.20. The van der Waals surface area contributed by atoms with Crippen molar-refractivity contribution >= 4 is 0 Å². The molecule has 0 radical (unpaired) electrons. The van der Waals surface area contributed by atoms with Crippen molar-refractivity contribution in [2.45, 2.75) is 65.0 Å². The van der Waals surface area contributed by atoms with E-state index in [0.717, 1.165) is 12.8 Å². The first kappa shape index (κ1) is 16.5. The molecule has 3 heteroatoms. The highest BCUT2D eigenvalue weighted by atomic mass is 15.3. The fraction of sp³-hybridized carbons (Fsp3) is 0.667. The molecule has 3 nitrogen and oxygen atoms in total. The highest BCUT2D eigenvalue weighted by Gasteiger charge is 2.38. The van der Waals surface area contributed by atoms with E-state index in [1.54, 1.807) is 0 Å². The highest BCUT2D eigenvalue weighted by Crippen LogP contribution is 2.29. The number of hydrogen-bond acceptors (Lipinski definition) is 3. The number of rotatable bonds is 6. The van der Waals surface area contributed by atoms with Crippen molar-refractivity contribution in [2.24, 2.45) is 5.84 Å². The van der Waals surface area contributed by atoms with Gasteiger partial charge in [0.15, 0.2) is 0 Å². The van der Waals surface area contributed by atoms with Gasteiger partial charge >= 0.3 is 0 Å². The first-order chi connectivity index (χ1) is 9.99. The molecule has 2 unspecified atom stereocenters. The molecular formula is C18H31N3. The summed E-state index contributed by atoms with van der Waals surface area (Å²) in [4.78, 5) is 2.63. The van der Waals surface area contributed by atoms with E-state index in [1.807, 2.05) is 0 Å². The largest absolute Gasteiger partial charge is 0.296 e. The van der Waals surface area contributed by atoms with Crippen LogP contribution in [0.3, 0.4) is 0 Å². The van der Waals surface area contributed by atoms with Crippen LogP contribution in [0.5, 0.6) is 0 Å². The van der Waals surface area contributed by atoms with Gasteiger partial charge < -0.3 is 0 Å². The number of aryl methyl sites for hydroxylation is 2. The molecule has 118 valence electrons. The maximum absolute atomic E-state index is 5.95. The van der Waals surface area contributed by atoms with Gasteiger partial charge in [-0.25, -0.2) is 0 Å². The summed E-state index contributed by atoms with van der Waals surface area (Å²) in [5.41, 5.74) is 7.29. The molecule has 1 aromatic carbocycles. The van der Waals surface area contributed by atoms with Gasteiger partial charge in [-0.05, 0) is 65.1 Å². The lowest BCUT2D eigenvalue weighted by molar-refractivity contribution is 0.0841. The fourth-order valence-corrected chi connectivity index (χ4v) is 3.80. The first-order valence-electron chi connectivity index (χ1n) is 8.28. The molecule has 1 fully saturated rings. The topological polar surface area (TPSA) is 41.3 Å². The van der Waals surface area contributed by atoms with Gasteiger partial charge in [0, 0.05) is 11.6 Å². The standard InChI is InChI=1S/C18H31N3/c1-5-18(4,21-8-6-7-9-21)17(20-19)13-16-11-14(2)10-15(3)12-16/h10-12,17,20H,5-9,13,19H2,1-4H3. The van der Waals surface area contributed by atoms with E-state index in [0.29, 0.717) is 0 Å². The number of benzene rings is 1.